The molecule has 2 heterocycles. The van der Waals surface area contributed by atoms with Crippen molar-refractivity contribution in [3.63, 3.8) is 0 Å². The lowest BCUT2D eigenvalue weighted by molar-refractivity contribution is -0.131. The van der Waals surface area contributed by atoms with Crippen molar-refractivity contribution in [2.45, 2.75) is 31.0 Å². The molecule has 0 atom stereocenters. The van der Waals surface area contributed by atoms with Gasteiger partial charge in [-0.05, 0) is 49.6 Å². The summed E-state index contributed by atoms with van der Waals surface area (Å²) in [6.07, 6.45) is 1.84. The van der Waals surface area contributed by atoms with Gasteiger partial charge in [-0.15, -0.1) is 11.3 Å². The van der Waals surface area contributed by atoms with Gasteiger partial charge in [-0.2, -0.15) is 8.78 Å². The van der Waals surface area contributed by atoms with E-state index in [-0.39, 0.29) is 22.2 Å². The third-order valence-electron chi connectivity index (χ3n) is 4.50. The zero-order chi connectivity index (χ0) is 21.0. The number of aromatic nitrogens is 1. The minimum absolute atomic E-state index is 0.0478. The highest BCUT2D eigenvalue weighted by molar-refractivity contribution is 7.99. The van der Waals surface area contributed by atoms with Crippen LogP contribution in [0.15, 0.2) is 46.8 Å². The number of thiophene rings is 1. The highest BCUT2D eigenvalue weighted by Crippen LogP contribution is 2.32. The van der Waals surface area contributed by atoms with Gasteiger partial charge in [-0.1, -0.05) is 11.8 Å². The van der Waals surface area contributed by atoms with Crippen LogP contribution in [-0.4, -0.2) is 40.1 Å². The third kappa shape index (κ3) is 4.97. The quantitative estimate of drug-likeness (QED) is 0.497. The minimum atomic E-state index is -2.58. The van der Waals surface area contributed by atoms with Crippen LogP contribution in [0.2, 0.25) is 0 Å². The van der Waals surface area contributed by atoms with Gasteiger partial charge in [0.05, 0.1) is 0 Å². The van der Waals surface area contributed by atoms with Crippen LogP contribution in [0.1, 0.15) is 23.5 Å². The van der Waals surface area contributed by atoms with Crippen LogP contribution in [0, 0.1) is 0 Å². The van der Waals surface area contributed by atoms with E-state index in [0.29, 0.717) is 30.5 Å². The standard InChI is InChI=1S/C20H21F2N3O2S2/c1-3-24(4-2)17(26)12-25-9-7-13-11-14(5-6-15(13)25)23-19(27)18-16(8-10-28-18)29-20(21)22/h5-11,20H,3-4,12H2,1-2H3,(H,23,27). The number of benzene rings is 1. The van der Waals surface area contributed by atoms with Gasteiger partial charge < -0.3 is 14.8 Å². The molecule has 0 aliphatic rings. The fourth-order valence-corrected chi connectivity index (χ4v) is 4.67. The summed E-state index contributed by atoms with van der Waals surface area (Å²) in [5.74, 6) is -2.95. The molecule has 0 aliphatic heterocycles. The molecule has 154 valence electrons. The summed E-state index contributed by atoms with van der Waals surface area (Å²) in [7, 11) is 0. The first-order valence-electron chi connectivity index (χ1n) is 9.13. The van der Waals surface area contributed by atoms with Crippen LogP contribution >= 0.6 is 23.1 Å². The van der Waals surface area contributed by atoms with Crippen LogP contribution in [0.5, 0.6) is 0 Å². The number of halogens is 2. The summed E-state index contributed by atoms with van der Waals surface area (Å²) in [6.45, 7) is 5.48. The molecular formula is C20H21F2N3O2S2. The molecule has 3 aromatic rings. The molecular weight excluding hydrogens is 416 g/mol. The first-order chi connectivity index (χ1) is 13.9. The van der Waals surface area contributed by atoms with Gasteiger partial charge in [-0.25, -0.2) is 0 Å². The summed E-state index contributed by atoms with van der Waals surface area (Å²) < 4.78 is 27.1. The highest BCUT2D eigenvalue weighted by atomic mass is 32.2. The number of likely N-dealkylation sites (N-methyl/N-ethyl adjacent to an activating group) is 1. The Morgan fingerprint density at radius 2 is 1.97 bits per heavy atom. The summed E-state index contributed by atoms with van der Waals surface area (Å²) in [5.41, 5.74) is 1.45. The molecule has 9 heteroatoms. The van der Waals surface area contributed by atoms with Crippen LogP contribution < -0.4 is 5.32 Å². The number of carbonyl (C=O) groups excluding carboxylic acids is 2. The molecule has 0 bridgehead atoms. The number of amides is 2. The Hall–Kier alpha value is -2.39. The molecule has 0 aliphatic carbocycles. The van der Waals surface area contributed by atoms with Gasteiger partial charge in [0.25, 0.3) is 11.7 Å². The van der Waals surface area contributed by atoms with E-state index in [1.165, 1.54) is 6.07 Å². The number of hydrogen-bond acceptors (Lipinski definition) is 4. The normalized spacial score (nSPS) is 11.2. The number of hydrogen-bond donors (Lipinski definition) is 1. The van der Waals surface area contributed by atoms with Gasteiger partial charge >= 0.3 is 0 Å². The molecule has 0 unspecified atom stereocenters. The van der Waals surface area contributed by atoms with Crippen molar-refractivity contribution in [3.8, 4) is 0 Å². The Kier molecular flexibility index (Phi) is 6.92. The largest absolute Gasteiger partial charge is 0.342 e. The maximum Gasteiger partial charge on any atom is 0.288 e. The Bertz CT molecular complexity index is 1010. The van der Waals surface area contributed by atoms with Crippen LogP contribution in [0.4, 0.5) is 14.5 Å². The first kappa shape index (κ1) is 21.3. The maximum absolute atomic E-state index is 12.6. The van der Waals surface area contributed by atoms with E-state index in [1.54, 1.807) is 22.4 Å². The summed E-state index contributed by atoms with van der Waals surface area (Å²) >= 11 is 1.49. The summed E-state index contributed by atoms with van der Waals surface area (Å²) in [6, 6.07) is 8.78. The number of rotatable bonds is 8. The SMILES string of the molecule is CCN(CC)C(=O)Cn1ccc2cc(NC(=O)c3sccc3SC(F)F)ccc21. The monoisotopic (exact) mass is 437 g/mol. The van der Waals surface area contributed by atoms with Gasteiger partial charge in [-0.3, -0.25) is 9.59 Å². The number of thioether (sulfide) groups is 1. The van der Waals surface area contributed by atoms with Crippen LogP contribution in [-0.2, 0) is 11.3 Å². The molecule has 0 radical (unpaired) electrons. The first-order valence-corrected chi connectivity index (χ1v) is 10.9. The second kappa shape index (κ2) is 9.41. The Morgan fingerprint density at radius 1 is 1.21 bits per heavy atom. The molecule has 1 N–H and O–H groups in total. The van der Waals surface area contributed by atoms with Crippen LogP contribution in [0.25, 0.3) is 10.9 Å². The fourth-order valence-electron chi connectivity index (χ4n) is 3.08. The van der Waals surface area contributed by atoms with Gasteiger partial charge in [0.15, 0.2) is 0 Å². The lowest BCUT2D eigenvalue weighted by atomic mass is 10.2. The van der Waals surface area contributed by atoms with E-state index in [4.69, 9.17) is 0 Å². The molecule has 0 fully saturated rings. The van der Waals surface area contributed by atoms with Crippen molar-refractivity contribution in [3.05, 3.63) is 46.8 Å². The van der Waals surface area contributed by atoms with Crippen molar-refractivity contribution in [2.24, 2.45) is 0 Å². The fraction of sp³-hybridized carbons (Fsp3) is 0.300. The van der Waals surface area contributed by atoms with E-state index >= 15 is 0 Å². The molecule has 2 aromatic heterocycles. The van der Waals surface area contributed by atoms with E-state index in [1.807, 2.05) is 36.7 Å². The van der Waals surface area contributed by atoms with Crippen molar-refractivity contribution >= 4 is 51.5 Å². The molecule has 1 aromatic carbocycles. The highest BCUT2D eigenvalue weighted by Gasteiger charge is 2.18. The molecule has 0 saturated carbocycles. The molecule has 0 saturated heterocycles. The Labute approximate surface area is 175 Å². The van der Waals surface area contributed by atoms with Gasteiger partial charge in [0.1, 0.15) is 11.4 Å². The number of nitrogens with one attached hydrogen (secondary N) is 1. The van der Waals surface area contributed by atoms with Crippen molar-refractivity contribution in [1.29, 1.82) is 0 Å². The second-order valence-corrected chi connectivity index (χ2v) is 8.18. The number of anilines is 1. The van der Waals surface area contributed by atoms with Crippen molar-refractivity contribution in [1.82, 2.24) is 9.47 Å². The number of carbonyl (C=O) groups is 2. The van der Waals surface area contributed by atoms with Gasteiger partial charge in [0, 0.05) is 40.8 Å². The van der Waals surface area contributed by atoms with Crippen LogP contribution in [0.3, 0.4) is 0 Å². The molecule has 3 rings (SSSR count). The lowest BCUT2D eigenvalue weighted by Gasteiger charge is -2.19. The minimum Gasteiger partial charge on any atom is -0.342 e. The number of alkyl halides is 2. The van der Waals surface area contributed by atoms with Crippen molar-refractivity contribution < 1.29 is 18.4 Å². The Morgan fingerprint density at radius 3 is 2.66 bits per heavy atom. The average molecular weight is 438 g/mol. The molecule has 29 heavy (non-hydrogen) atoms. The molecule has 0 spiro atoms. The van der Waals surface area contributed by atoms with Gasteiger partial charge in [0.2, 0.25) is 5.91 Å². The van der Waals surface area contributed by atoms with E-state index in [0.717, 1.165) is 22.2 Å². The Balaban J connectivity index is 1.75. The number of nitrogens with zero attached hydrogens (tertiary/aromatic N) is 2. The number of fused-ring (bicyclic) bond motifs is 1. The molecule has 2 amide bonds. The van der Waals surface area contributed by atoms with E-state index in [9.17, 15) is 18.4 Å². The predicted octanol–water partition coefficient (Wildman–Crippen LogP) is 5.14. The van der Waals surface area contributed by atoms with Crippen molar-refractivity contribution in [2.75, 3.05) is 18.4 Å². The van der Waals surface area contributed by atoms with E-state index in [2.05, 4.69) is 5.32 Å². The molecule has 5 nitrogen and oxygen atoms in total. The maximum atomic E-state index is 12.6. The summed E-state index contributed by atoms with van der Waals surface area (Å²) in [5, 5.41) is 5.26. The smallest absolute Gasteiger partial charge is 0.288 e. The lowest BCUT2D eigenvalue weighted by Crippen LogP contribution is -2.33. The topological polar surface area (TPSA) is 54.3 Å². The zero-order valence-corrected chi connectivity index (χ0v) is 17.7. The zero-order valence-electron chi connectivity index (χ0n) is 16.0. The summed E-state index contributed by atoms with van der Waals surface area (Å²) in [4.78, 5) is 27.2. The van der Waals surface area contributed by atoms with E-state index < -0.39 is 11.7 Å². The average Bonchev–Trinajstić information content (AvgIpc) is 3.29. The third-order valence-corrected chi connectivity index (χ3v) is 6.32. The predicted molar refractivity (Wildman–Crippen MR) is 114 cm³/mol. The second-order valence-electron chi connectivity index (χ2n) is 6.23.